The molecule has 1 heterocycles. The minimum Gasteiger partial charge on any atom is -0.422 e. The molecule has 2 N–H and O–H groups in total. The Labute approximate surface area is 122 Å². The van der Waals surface area contributed by atoms with Crippen molar-refractivity contribution in [2.45, 2.75) is 32.3 Å². The van der Waals surface area contributed by atoms with E-state index in [2.05, 4.69) is 5.32 Å². The monoisotopic (exact) mass is 289 g/mol. The second-order valence-electron chi connectivity index (χ2n) is 5.10. The lowest BCUT2D eigenvalue weighted by atomic mass is 9.97. The lowest BCUT2D eigenvalue weighted by molar-refractivity contribution is 0.0313. The Kier molecular flexibility index (Phi) is 4.43. The quantitative estimate of drug-likeness (QED) is 0.826. The number of aliphatic hydroxyl groups is 1. The van der Waals surface area contributed by atoms with Gasteiger partial charge in [0.15, 0.2) is 0 Å². The third-order valence-corrected chi connectivity index (χ3v) is 3.78. The second-order valence-corrected chi connectivity index (χ2v) is 5.10. The fourth-order valence-electron chi connectivity index (χ4n) is 2.06. The molecular formula is C16H19NO4. The van der Waals surface area contributed by atoms with Crippen molar-refractivity contribution in [3.8, 4) is 0 Å². The topological polar surface area (TPSA) is 79.5 Å². The molecule has 0 fully saturated rings. The van der Waals surface area contributed by atoms with Crippen molar-refractivity contribution in [1.82, 2.24) is 5.32 Å². The van der Waals surface area contributed by atoms with Crippen molar-refractivity contribution in [2.75, 3.05) is 6.54 Å². The maximum Gasteiger partial charge on any atom is 0.349 e. The van der Waals surface area contributed by atoms with Crippen LogP contribution in [0.3, 0.4) is 0 Å². The van der Waals surface area contributed by atoms with E-state index in [0.29, 0.717) is 23.8 Å². The molecule has 0 aliphatic heterocycles. The summed E-state index contributed by atoms with van der Waals surface area (Å²) in [7, 11) is 0. The zero-order valence-electron chi connectivity index (χ0n) is 12.2. The molecule has 0 bridgehead atoms. The molecule has 5 heteroatoms. The van der Waals surface area contributed by atoms with E-state index < -0.39 is 17.1 Å². The van der Waals surface area contributed by atoms with Crippen molar-refractivity contribution in [3.63, 3.8) is 0 Å². The Bertz CT molecular complexity index is 701. The smallest absolute Gasteiger partial charge is 0.349 e. The molecular weight excluding hydrogens is 270 g/mol. The van der Waals surface area contributed by atoms with E-state index in [1.54, 1.807) is 24.3 Å². The Hall–Kier alpha value is -2.14. The maximum absolute atomic E-state index is 12.1. The van der Waals surface area contributed by atoms with Crippen molar-refractivity contribution >= 4 is 16.9 Å². The first-order valence-electron chi connectivity index (χ1n) is 7.02. The first kappa shape index (κ1) is 15.3. The lowest BCUT2D eigenvalue weighted by Gasteiger charge is -2.25. The lowest BCUT2D eigenvalue weighted by Crippen LogP contribution is -2.42. The number of benzene rings is 1. The molecule has 1 aromatic carbocycles. The van der Waals surface area contributed by atoms with E-state index in [-0.39, 0.29) is 12.1 Å². The average Bonchev–Trinajstić information content (AvgIpc) is 2.51. The van der Waals surface area contributed by atoms with Crippen molar-refractivity contribution in [2.24, 2.45) is 0 Å². The largest absolute Gasteiger partial charge is 0.422 e. The van der Waals surface area contributed by atoms with Crippen LogP contribution in [0.25, 0.3) is 11.0 Å². The summed E-state index contributed by atoms with van der Waals surface area (Å²) in [5.41, 5.74) is -1.24. The zero-order chi connectivity index (χ0) is 15.5. The summed E-state index contributed by atoms with van der Waals surface area (Å²) >= 11 is 0. The summed E-state index contributed by atoms with van der Waals surface area (Å²) in [4.78, 5) is 24.0. The standard InChI is InChI=1S/C16H19NO4/c1-3-16(20,4-2)10-17-14(18)12-9-11-7-5-6-8-13(11)21-15(12)19/h5-9,20H,3-4,10H2,1-2H3,(H,17,18). The summed E-state index contributed by atoms with van der Waals surface area (Å²) in [5.74, 6) is -0.533. The van der Waals surface area contributed by atoms with Gasteiger partial charge in [-0.3, -0.25) is 4.79 Å². The van der Waals surface area contributed by atoms with Crippen LogP contribution in [0, 0.1) is 0 Å². The first-order chi connectivity index (χ1) is 9.99. The molecule has 0 radical (unpaired) electrons. The molecule has 0 unspecified atom stereocenters. The highest BCUT2D eigenvalue weighted by Crippen LogP contribution is 2.14. The van der Waals surface area contributed by atoms with E-state index in [4.69, 9.17) is 4.42 Å². The van der Waals surface area contributed by atoms with E-state index in [0.717, 1.165) is 0 Å². The van der Waals surface area contributed by atoms with Gasteiger partial charge in [-0.2, -0.15) is 0 Å². The molecule has 0 spiro atoms. The first-order valence-corrected chi connectivity index (χ1v) is 7.02. The third-order valence-electron chi connectivity index (χ3n) is 3.78. The van der Waals surface area contributed by atoms with Crippen LogP contribution in [0.5, 0.6) is 0 Å². The fourth-order valence-corrected chi connectivity index (χ4v) is 2.06. The molecule has 5 nitrogen and oxygen atoms in total. The molecule has 0 saturated heterocycles. The van der Waals surface area contributed by atoms with Gasteiger partial charge in [-0.05, 0) is 25.0 Å². The molecule has 0 saturated carbocycles. The van der Waals surface area contributed by atoms with Crippen LogP contribution in [0.2, 0.25) is 0 Å². The van der Waals surface area contributed by atoms with Crippen LogP contribution in [-0.2, 0) is 0 Å². The summed E-state index contributed by atoms with van der Waals surface area (Å²) in [6.07, 6.45) is 1.05. The highest BCUT2D eigenvalue weighted by molar-refractivity contribution is 5.96. The van der Waals surface area contributed by atoms with Gasteiger partial charge in [0.1, 0.15) is 11.1 Å². The Morgan fingerprint density at radius 3 is 2.62 bits per heavy atom. The number of carbonyl (C=O) groups excluding carboxylic acids is 1. The Morgan fingerprint density at radius 1 is 1.29 bits per heavy atom. The number of carbonyl (C=O) groups is 1. The maximum atomic E-state index is 12.1. The molecule has 2 aromatic rings. The molecule has 0 aliphatic rings. The van der Waals surface area contributed by atoms with Gasteiger partial charge in [-0.1, -0.05) is 32.0 Å². The number of amides is 1. The number of fused-ring (bicyclic) bond motifs is 1. The van der Waals surface area contributed by atoms with Gasteiger partial charge < -0.3 is 14.8 Å². The summed E-state index contributed by atoms with van der Waals surface area (Å²) < 4.78 is 5.12. The minimum absolute atomic E-state index is 0.0525. The molecule has 112 valence electrons. The van der Waals surface area contributed by atoms with Crippen LogP contribution in [0.1, 0.15) is 37.0 Å². The van der Waals surface area contributed by atoms with Crippen LogP contribution in [0.4, 0.5) is 0 Å². The minimum atomic E-state index is -0.952. The van der Waals surface area contributed by atoms with Crippen LogP contribution >= 0.6 is 0 Å². The molecule has 0 aliphatic carbocycles. The molecule has 0 atom stereocenters. The predicted octanol–water partition coefficient (Wildman–Crippen LogP) is 2.07. The zero-order valence-corrected chi connectivity index (χ0v) is 12.2. The van der Waals surface area contributed by atoms with Gasteiger partial charge in [-0.25, -0.2) is 4.79 Å². The average molecular weight is 289 g/mol. The molecule has 2 rings (SSSR count). The normalized spacial score (nSPS) is 11.6. The predicted molar refractivity (Wildman–Crippen MR) is 80.3 cm³/mol. The van der Waals surface area contributed by atoms with Gasteiger partial charge >= 0.3 is 5.63 Å². The van der Waals surface area contributed by atoms with Gasteiger partial charge in [-0.15, -0.1) is 0 Å². The highest BCUT2D eigenvalue weighted by Gasteiger charge is 2.24. The summed E-state index contributed by atoms with van der Waals surface area (Å²) in [5, 5.41) is 13.4. The van der Waals surface area contributed by atoms with E-state index in [1.807, 2.05) is 13.8 Å². The number of hydrogen-bond donors (Lipinski definition) is 2. The third kappa shape index (κ3) is 3.31. The van der Waals surface area contributed by atoms with Crippen LogP contribution in [0.15, 0.2) is 39.5 Å². The number of hydrogen-bond acceptors (Lipinski definition) is 4. The molecule has 1 amide bonds. The van der Waals surface area contributed by atoms with E-state index >= 15 is 0 Å². The highest BCUT2D eigenvalue weighted by atomic mass is 16.4. The van der Waals surface area contributed by atoms with E-state index in [1.165, 1.54) is 6.07 Å². The van der Waals surface area contributed by atoms with Gasteiger partial charge in [0.25, 0.3) is 5.91 Å². The van der Waals surface area contributed by atoms with Gasteiger partial charge in [0.2, 0.25) is 0 Å². The summed E-state index contributed by atoms with van der Waals surface area (Å²) in [6, 6.07) is 8.51. The van der Waals surface area contributed by atoms with Crippen molar-refractivity contribution in [1.29, 1.82) is 0 Å². The van der Waals surface area contributed by atoms with E-state index in [9.17, 15) is 14.7 Å². The second kappa shape index (κ2) is 6.10. The Balaban J connectivity index is 2.23. The molecule has 21 heavy (non-hydrogen) atoms. The molecule has 1 aromatic heterocycles. The van der Waals surface area contributed by atoms with Crippen LogP contribution < -0.4 is 10.9 Å². The number of rotatable bonds is 5. The van der Waals surface area contributed by atoms with Crippen molar-refractivity contribution in [3.05, 3.63) is 46.3 Å². The SMILES string of the molecule is CCC(O)(CC)CNC(=O)c1cc2ccccc2oc1=O. The number of nitrogens with one attached hydrogen (secondary N) is 1. The van der Waals surface area contributed by atoms with Gasteiger partial charge in [0, 0.05) is 11.9 Å². The fraction of sp³-hybridized carbons (Fsp3) is 0.375. The van der Waals surface area contributed by atoms with Crippen molar-refractivity contribution < 1.29 is 14.3 Å². The number of para-hydroxylation sites is 1. The van der Waals surface area contributed by atoms with Gasteiger partial charge in [0.05, 0.1) is 5.60 Å². The Morgan fingerprint density at radius 2 is 1.95 bits per heavy atom. The van der Waals surface area contributed by atoms with Crippen LogP contribution in [-0.4, -0.2) is 23.2 Å². The summed E-state index contributed by atoms with van der Waals surface area (Å²) in [6.45, 7) is 3.80.